The number of carbonyl (C=O) groups excluding carboxylic acids is 1. The number of thioether (sulfide) groups is 1. The van der Waals surface area contributed by atoms with Crippen LogP contribution in [-0.2, 0) is 4.79 Å². The van der Waals surface area contributed by atoms with E-state index in [4.69, 9.17) is 11.6 Å². The minimum absolute atomic E-state index is 0.102. The monoisotopic (exact) mass is 366 g/mol. The van der Waals surface area contributed by atoms with Crippen molar-refractivity contribution in [1.82, 2.24) is 19.7 Å². The first-order valence-corrected chi connectivity index (χ1v) is 9.21. The van der Waals surface area contributed by atoms with Crippen LogP contribution in [0.5, 0.6) is 0 Å². The maximum atomic E-state index is 12.8. The van der Waals surface area contributed by atoms with Crippen molar-refractivity contribution in [3.05, 3.63) is 35.6 Å². The molecule has 5 nitrogen and oxygen atoms in total. The van der Waals surface area contributed by atoms with Gasteiger partial charge in [-0.15, -0.1) is 10.2 Å². The summed E-state index contributed by atoms with van der Waals surface area (Å²) in [4.78, 5) is 14.7. The number of hydrogen-bond acceptors (Lipinski definition) is 4. The first-order valence-electron chi connectivity index (χ1n) is 7.96. The standard InChI is InChI=1S/C17H23ClN4OS/c1-11(2)22(12(3)4)16(23)13(5)24-17-20-19-10-21(17)15-8-6-7-14(18)9-15/h6-13H,1-5H3. The molecule has 130 valence electrons. The van der Waals surface area contributed by atoms with Crippen molar-refractivity contribution in [2.24, 2.45) is 0 Å². The number of carbonyl (C=O) groups is 1. The van der Waals surface area contributed by atoms with E-state index < -0.39 is 0 Å². The van der Waals surface area contributed by atoms with Crippen molar-refractivity contribution in [1.29, 1.82) is 0 Å². The number of aromatic nitrogens is 3. The molecule has 1 heterocycles. The molecule has 0 bridgehead atoms. The molecular formula is C17H23ClN4OS. The summed E-state index contributed by atoms with van der Waals surface area (Å²) in [5.74, 6) is 0.102. The first kappa shape index (κ1) is 18.8. The van der Waals surface area contributed by atoms with Gasteiger partial charge in [-0.3, -0.25) is 9.36 Å². The molecule has 1 amide bonds. The summed E-state index contributed by atoms with van der Waals surface area (Å²) in [6.45, 7) is 10.0. The Balaban J connectivity index is 2.20. The van der Waals surface area contributed by atoms with Crippen molar-refractivity contribution in [2.75, 3.05) is 0 Å². The van der Waals surface area contributed by atoms with Crippen LogP contribution in [0.4, 0.5) is 0 Å². The Bertz CT molecular complexity index is 693. The van der Waals surface area contributed by atoms with Crippen molar-refractivity contribution < 1.29 is 4.79 Å². The molecule has 0 aliphatic rings. The second-order valence-corrected chi connectivity index (χ2v) is 7.90. The normalized spacial score (nSPS) is 12.7. The van der Waals surface area contributed by atoms with Crippen molar-refractivity contribution in [3.8, 4) is 5.69 Å². The largest absolute Gasteiger partial charge is 0.337 e. The molecule has 24 heavy (non-hydrogen) atoms. The second-order valence-electron chi connectivity index (χ2n) is 6.16. The Morgan fingerprint density at radius 3 is 2.46 bits per heavy atom. The van der Waals surface area contributed by atoms with Gasteiger partial charge in [0.15, 0.2) is 5.16 Å². The van der Waals surface area contributed by atoms with Gasteiger partial charge in [-0.1, -0.05) is 29.4 Å². The van der Waals surface area contributed by atoms with Gasteiger partial charge in [-0.25, -0.2) is 0 Å². The molecular weight excluding hydrogens is 344 g/mol. The molecule has 0 N–H and O–H groups in total. The van der Waals surface area contributed by atoms with Crippen molar-refractivity contribution in [3.63, 3.8) is 0 Å². The zero-order valence-electron chi connectivity index (χ0n) is 14.6. The van der Waals surface area contributed by atoms with Crippen LogP contribution in [0, 0.1) is 0 Å². The van der Waals surface area contributed by atoms with Crippen LogP contribution in [0.1, 0.15) is 34.6 Å². The van der Waals surface area contributed by atoms with Crippen LogP contribution in [0.3, 0.4) is 0 Å². The van der Waals surface area contributed by atoms with Crippen LogP contribution in [0.2, 0.25) is 5.02 Å². The molecule has 7 heteroatoms. The highest BCUT2D eigenvalue weighted by molar-refractivity contribution is 8.00. The van der Waals surface area contributed by atoms with E-state index in [1.54, 1.807) is 6.33 Å². The van der Waals surface area contributed by atoms with Gasteiger partial charge in [0, 0.05) is 17.1 Å². The van der Waals surface area contributed by atoms with Gasteiger partial charge < -0.3 is 4.90 Å². The fourth-order valence-corrected chi connectivity index (χ4v) is 3.72. The Morgan fingerprint density at radius 1 is 1.21 bits per heavy atom. The maximum absolute atomic E-state index is 12.8. The Kier molecular flexibility index (Phi) is 6.29. The van der Waals surface area contributed by atoms with E-state index in [2.05, 4.69) is 10.2 Å². The minimum atomic E-state index is -0.253. The molecule has 0 aliphatic carbocycles. The third-order valence-electron chi connectivity index (χ3n) is 3.60. The number of rotatable bonds is 6. The second kappa shape index (κ2) is 8.03. The molecule has 1 unspecified atom stereocenters. The molecule has 2 aromatic rings. The Morgan fingerprint density at radius 2 is 1.88 bits per heavy atom. The lowest BCUT2D eigenvalue weighted by Crippen LogP contribution is -2.45. The summed E-state index contributed by atoms with van der Waals surface area (Å²) in [5.41, 5.74) is 0.874. The summed E-state index contributed by atoms with van der Waals surface area (Å²) < 4.78 is 1.84. The van der Waals surface area contributed by atoms with Gasteiger partial charge in [-0.05, 0) is 52.8 Å². The zero-order chi connectivity index (χ0) is 17.9. The molecule has 0 radical (unpaired) electrons. The van der Waals surface area contributed by atoms with E-state index >= 15 is 0 Å². The van der Waals surface area contributed by atoms with Crippen molar-refractivity contribution >= 4 is 29.3 Å². The highest BCUT2D eigenvalue weighted by Crippen LogP contribution is 2.27. The molecule has 0 spiro atoms. The highest BCUT2D eigenvalue weighted by Gasteiger charge is 2.27. The van der Waals surface area contributed by atoms with Gasteiger partial charge in [0.2, 0.25) is 5.91 Å². The fourth-order valence-electron chi connectivity index (χ4n) is 2.63. The van der Waals surface area contributed by atoms with Crippen LogP contribution in [0.15, 0.2) is 35.7 Å². The molecule has 2 rings (SSSR count). The van der Waals surface area contributed by atoms with Gasteiger partial charge in [0.25, 0.3) is 0 Å². The van der Waals surface area contributed by atoms with E-state index in [-0.39, 0.29) is 23.2 Å². The molecule has 1 aromatic carbocycles. The quantitative estimate of drug-likeness (QED) is 0.724. The van der Waals surface area contributed by atoms with Crippen LogP contribution in [0.25, 0.3) is 5.69 Å². The van der Waals surface area contributed by atoms with E-state index in [1.807, 2.05) is 68.4 Å². The lowest BCUT2D eigenvalue weighted by Gasteiger charge is -2.32. The summed E-state index contributed by atoms with van der Waals surface area (Å²) in [6, 6.07) is 7.78. The topological polar surface area (TPSA) is 51.0 Å². The average molecular weight is 367 g/mol. The van der Waals surface area contributed by atoms with Gasteiger partial charge in [0.05, 0.1) is 10.9 Å². The molecule has 1 atom stereocenters. The average Bonchev–Trinajstić information content (AvgIpc) is 2.94. The van der Waals surface area contributed by atoms with E-state index in [0.717, 1.165) is 5.69 Å². The number of hydrogen-bond donors (Lipinski definition) is 0. The van der Waals surface area contributed by atoms with Gasteiger partial charge >= 0.3 is 0 Å². The first-order chi connectivity index (χ1) is 11.3. The predicted octanol–water partition coefficient (Wildman–Crippen LogP) is 4.05. The van der Waals surface area contributed by atoms with E-state index in [9.17, 15) is 4.79 Å². The zero-order valence-corrected chi connectivity index (χ0v) is 16.2. The lowest BCUT2D eigenvalue weighted by molar-refractivity contribution is -0.133. The van der Waals surface area contributed by atoms with E-state index in [0.29, 0.717) is 10.2 Å². The lowest BCUT2D eigenvalue weighted by atomic mass is 10.2. The fraction of sp³-hybridized carbons (Fsp3) is 0.471. The Labute approximate surface area is 152 Å². The summed E-state index contributed by atoms with van der Waals surface area (Å²) in [7, 11) is 0. The van der Waals surface area contributed by atoms with E-state index in [1.165, 1.54) is 11.8 Å². The SMILES string of the molecule is CC(Sc1nncn1-c1cccc(Cl)c1)C(=O)N(C(C)C)C(C)C. The number of amides is 1. The highest BCUT2D eigenvalue weighted by atomic mass is 35.5. The summed E-state index contributed by atoms with van der Waals surface area (Å²) in [5, 5.41) is 9.20. The summed E-state index contributed by atoms with van der Waals surface area (Å²) >= 11 is 7.46. The van der Waals surface area contributed by atoms with Crippen LogP contribution in [-0.4, -0.2) is 42.9 Å². The van der Waals surface area contributed by atoms with Crippen LogP contribution >= 0.6 is 23.4 Å². The maximum Gasteiger partial charge on any atom is 0.236 e. The van der Waals surface area contributed by atoms with Crippen molar-refractivity contribution in [2.45, 2.75) is 57.1 Å². The minimum Gasteiger partial charge on any atom is -0.337 e. The number of nitrogens with zero attached hydrogens (tertiary/aromatic N) is 4. The molecule has 1 aromatic heterocycles. The molecule has 0 saturated heterocycles. The smallest absolute Gasteiger partial charge is 0.236 e. The number of benzene rings is 1. The number of halogens is 1. The third-order valence-corrected chi connectivity index (χ3v) is 4.88. The van der Waals surface area contributed by atoms with Gasteiger partial charge in [0.1, 0.15) is 6.33 Å². The molecule has 0 aliphatic heterocycles. The van der Waals surface area contributed by atoms with Gasteiger partial charge in [-0.2, -0.15) is 0 Å². The predicted molar refractivity (Wildman–Crippen MR) is 98.8 cm³/mol. The third kappa shape index (κ3) is 4.30. The molecule has 0 saturated carbocycles. The summed E-state index contributed by atoms with van der Waals surface area (Å²) in [6.07, 6.45) is 1.63. The Hall–Kier alpha value is -1.53. The van der Waals surface area contributed by atoms with Crippen LogP contribution < -0.4 is 0 Å². The molecule has 0 fully saturated rings.